The zero-order valence-corrected chi connectivity index (χ0v) is 25.3. The van der Waals surface area contributed by atoms with E-state index in [4.69, 9.17) is 4.74 Å². The van der Waals surface area contributed by atoms with Crippen LogP contribution in [-0.4, -0.2) is 65.9 Å². The summed E-state index contributed by atoms with van der Waals surface area (Å²) in [4.78, 5) is 46.5. The number of para-hydroxylation sites is 1. The Labute approximate surface area is 248 Å². The molecule has 3 aromatic rings. The SMILES string of the molecule is CCC(C)C(C(=O)NC1C(=O)NC(Cc2c[nH]c3ccccc23)C(=O)NC=Cc2ccc(cc2)OC1C(C)C)N(C)C. The zero-order chi connectivity index (χ0) is 30.4. The van der Waals surface area contributed by atoms with Crippen LogP contribution in [0.2, 0.25) is 0 Å². The van der Waals surface area contributed by atoms with Gasteiger partial charge < -0.3 is 25.7 Å². The highest BCUT2D eigenvalue weighted by molar-refractivity contribution is 5.94. The van der Waals surface area contributed by atoms with Crippen molar-refractivity contribution in [1.29, 1.82) is 0 Å². The molecule has 9 heteroatoms. The molecule has 224 valence electrons. The van der Waals surface area contributed by atoms with Crippen LogP contribution in [0.15, 0.2) is 60.9 Å². The highest BCUT2D eigenvalue weighted by Crippen LogP contribution is 2.23. The fraction of sp³-hybridized carbons (Fsp3) is 0.424. The summed E-state index contributed by atoms with van der Waals surface area (Å²) in [7, 11) is 3.72. The molecule has 1 aromatic heterocycles. The third-order valence-corrected chi connectivity index (χ3v) is 7.96. The van der Waals surface area contributed by atoms with Crippen molar-refractivity contribution in [3.05, 3.63) is 72.1 Å². The van der Waals surface area contributed by atoms with E-state index in [1.165, 1.54) is 0 Å². The van der Waals surface area contributed by atoms with Crippen molar-refractivity contribution >= 4 is 34.7 Å². The fourth-order valence-electron chi connectivity index (χ4n) is 5.48. The largest absolute Gasteiger partial charge is 0.487 e. The molecule has 5 unspecified atom stereocenters. The van der Waals surface area contributed by atoms with Gasteiger partial charge in [0.15, 0.2) is 0 Å². The van der Waals surface area contributed by atoms with Crippen molar-refractivity contribution in [1.82, 2.24) is 25.8 Å². The van der Waals surface area contributed by atoms with Crippen LogP contribution in [-0.2, 0) is 20.8 Å². The van der Waals surface area contributed by atoms with Gasteiger partial charge in [-0.15, -0.1) is 0 Å². The molecule has 5 atom stereocenters. The predicted octanol–water partition coefficient (Wildman–Crippen LogP) is 3.86. The maximum atomic E-state index is 14.1. The molecule has 0 fully saturated rings. The first-order chi connectivity index (χ1) is 20.1. The van der Waals surface area contributed by atoms with Crippen molar-refractivity contribution in [3.63, 3.8) is 0 Å². The van der Waals surface area contributed by atoms with E-state index in [1.54, 1.807) is 12.3 Å². The molecule has 0 saturated carbocycles. The highest BCUT2D eigenvalue weighted by Gasteiger charge is 2.38. The number of H-pyrrole nitrogens is 1. The minimum atomic E-state index is -1.06. The smallest absolute Gasteiger partial charge is 0.247 e. The number of nitrogens with one attached hydrogen (secondary N) is 4. The molecule has 0 saturated heterocycles. The van der Waals surface area contributed by atoms with Crippen molar-refractivity contribution in [3.8, 4) is 5.75 Å². The number of likely N-dealkylation sites (N-methyl/N-ethyl adjacent to an activating group) is 1. The van der Waals surface area contributed by atoms with Crippen LogP contribution in [0, 0.1) is 11.8 Å². The standard InChI is InChI=1S/C33H43N5O4/c1-7-21(4)29(38(5)6)33(41)37-28-30(20(2)3)42-24-14-12-22(13-15-24)16-17-34-31(39)27(36-32(28)40)18-23-19-35-26-11-9-8-10-25(23)26/h8-17,19-21,27-30,35H,7,18H2,1-6H3,(H,34,39)(H,36,40)(H,37,41). The van der Waals surface area contributed by atoms with Crippen LogP contribution < -0.4 is 20.7 Å². The van der Waals surface area contributed by atoms with E-state index in [9.17, 15) is 14.4 Å². The minimum Gasteiger partial charge on any atom is -0.487 e. The second kappa shape index (κ2) is 13.7. The molecule has 2 aliphatic rings. The van der Waals surface area contributed by atoms with Crippen LogP contribution in [0.25, 0.3) is 17.0 Å². The van der Waals surface area contributed by atoms with Gasteiger partial charge >= 0.3 is 0 Å². The first kappa shape index (κ1) is 30.8. The number of amides is 3. The molecule has 0 radical (unpaired) electrons. The number of benzene rings is 2. The van der Waals surface area contributed by atoms with Crippen LogP contribution in [0.5, 0.6) is 5.75 Å². The maximum absolute atomic E-state index is 14.1. The second-order valence-electron chi connectivity index (χ2n) is 11.6. The monoisotopic (exact) mass is 573 g/mol. The molecule has 5 rings (SSSR count). The number of hydrogen-bond donors (Lipinski definition) is 4. The van der Waals surface area contributed by atoms with Gasteiger partial charge in [-0.2, -0.15) is 0 Å². The van der Waals surface area contributed by atoms with E-state index in [-0.39, 0.29) is 30.1 Å². The summed E-state index contributed by atoms with van der Waals surface area (Å²) in [5.41, 5.74) is 2.72. The fourth-order valence-corrected chi connectivity index (χ4v) is 5.48. The van der Waals surface area contributed by atoms with Crippen LogP contribution >= 0.6 is 0 Å². The molecular formula is C33H43N5O4. The quantitative estimate of drug-likeness (QED) is 0.327. The van der Waals surface area contributed by atoms with Gasteiger partial charge in [0, 0.05) is 29.7 Å². The van der Waals surface area contributed by atoms with E-state index < -0.39 is 30.1 Å². The molecule has 3 heterocycles. The molecule has 3 amide bonds. The molecule has 2 bridgehead atoms. The Kier molecular flexibility index (Phi) is 10.1. The first-order valence-corrected chi connectivity index (χ1v) is 14.6. The summed E-state index contributed by atoms with van der Waals surface area (Å²) < 4.78 is 6.39. The lowest BCUT2D eigenvalue weighted by Crippen LogP contribution is -2.62. The van der Waals surface area contributed by atoms with Crippen molar-refractivity contribution < 1.29 is 19.1 Å². The molecule has 0 spiro atoms. The Morgan fingerprint density at radius 2 is 1.74 bits per heavy atom. The highest BCUT2D eigenvalue weighted by atomic mass is 16.5. The number of hydrogen-bond acceptors (Lipinski definition) is 5. The van der Waals surface area contributed by atoms with Gasteiger partial charge in [0.2, 0.25) is 17.7 Å². The van der Waals surface area contributed by atoms with Crippen LogP contribution in [0.4, 0.5) is 0 Å². The third kappa shape index (κ3) is 7.20. The lowest BCUT2D eigenvalue weighted by Gasteiger charge is -2.35. The average Bonchev–Trinajstić information content (AvgIpc) is 3.37. The Bertz CT molecular complexity index is 1410. The molecule has 2 aliphatic heterocycles. The molecule has 42 heavy (non-hydrogen) atoms. The normalized spacial score (nSPS) is 21.0. The molecule has 2 aromatic carbocycles. The van der Waals surface area contributed by atoms with E-state index >= 15 is 0 Å². The van der Waals surface area contributed by atoms with Crippen LogP contribution in [0.3, 0.4) is 0 Å². The maximum Gasteiger partial charge on any atom is 0.247 e. The Morgan fingerprint density at radius 3 is 2.40 bits per heavy atom. The summed E-state index contributed by atoms with van der Waals surface area (Å²) in [6.45, 7) is 7.96. The Balaban J connectivity index is 1.73. The topological polar surface area (TPSA) is 116 Å². The van der Waals surface area contributed by atoms with E-state index in [2.05, 4.69) is 20.9 Å². The van der Waals surface area contributed by atoms with E-state index in [0.29, 0.717) is 5.75 Å². The molecule has 9 nitrogen and oxygen atoms in total. The Morgan fingerprint density at radius 1 is 1.02 bits per heavy atom. The second-order valence-corrected chi connectivity index (χ2v) is 11.6. The summed E-state index contributed by atoms with van der Waals surface area (Å²) in [6, 6.07) is 12.8. The number of aromatic amines is 1. The van der Waals surface area contributed by atoms with Crippen LogP contribution in [0.1, 0.15) is 45.2 Å². The van der Waals surface area contributed by atoms with Crippen molar-refractivity contribution in [2.75, 3.05) is 14.1 Å². The predicted molar refractivity (Wildman–Crippen MR) is 166 cm³/mol. The molecule has 0 aliphatic carbocycles. The van der Waals surface area contributed by atoms with Gasteiger partial charge in [0.05, 0.1) is 6.04 Å². The molecular weight excluding hydrogens is 530 g/mol. The summed E-state index contributed by atoms with van der Waals surface area (Å²) in [6.07, 6.45) is 5.57. The van der Waals surface area contributed by atoms with Gasteiger partial charge in [-0.05, 0) is 61.3 Å². The van der Waals surface area contributed by atoms with Gasteiger partial charge in [-0.25, -0.2) is 0 Å². The summed E-state index contributed by atoms with van der Waals surface area (Å²) in [5, 5.41) is 9.79. The number of carbonyl (C=O) groups is 3. The number of fused-ring (bicyclic) bond motifs is 11. The van der Waals surface area contributed by atoms with Gasteiger partial charge in [0.1, 0.15) is 23.9 Å². The number of aromatic nitrogens is 1. The van der Waals surface area contributed by atoms with Crippen molar-refractivity contribution in [2.24, 2.45) is 11.8 Å². The number of ether oxygens (including phenoxy) is 1. The first-order valence-electron chi connectivity index (χ1n) is 14.6. The van der Waals surface area contributed by atoms with Gasteiger partial charge in [0.25, 0.3) is 0 Å². The van der Waals surface area contributed by atoms with Gasteiger partial charge in [-0.1, -0.05) is 64.4 Å². The van der Waals surface area contributed by atoms with E-state index in [1.807, 2.05) is 101 Å². The third-order valence-electron chi connectivity index (χ3n) is 7.96. The van der Waals surface area contributed by atoms with E-state index in [0.717, 1.165) is 28.5 Å². The number of nitrogens with zero attached hydrogens (tertiary/aromatic N) is 1. The van der Waals surface area contributed by atoms with Gasteiger partial charge in [-0.3, -0.25) is 19.3 Å². The summed E-state index contributed by atoms with van der Waals surface area (Å²) in [5.74, 6) is -0.616. The summed E-state index contributed by atoms with van der Waals surface area (Å²) >= 11 is 0. The molecule has 4 N–H and O–H groups in total. The lowest BCUT2D eigenvalue weighted by molar-refractivity contribution is -0.136. The average molecular weight is 574 g/mol. The lowest BCUT2D eigenvalue weighted by atomic mass is 9.94. The zero-order valence-electron chi connectivity index (χ0n) is 25.3. The number of rotatable bonds is 8. The van der Waals surface area contributed by atoms with Crippen molar-refractivity contribution in [2.45, 2.75) is 64.8 Å². The minimum absolute atomic E-state index is 0.0553. The Hall–Kier alpha value is -4.11. The number of carbonyl (C=O) groups excluding carboxylic acids is 3.